The number of hydrogen-bond acceptors (Lipinski definition) is 5. The lowest BCUT2D eigenvalue weighted by atomic mass is 10.2. The van der Waals surface area contributed by atoms with Gasteiger partial charge in [-0.2, -0.15) is 0 Å². The maximum atomic E-state index is 12.9. The molecule has 7 nitrogen and oxygen atoms in total. The molecule has 0 aliphatic carbocycles. The second-order valence-electron chi connectivity index (χ2n) is 6.21. The van der Waals surface area contributed by atoms with Crippen LogP contribution in [0, 0.1) is 0 Å². The molecule has 0 atom stereocenters. The molecule has 3 rings (SSSR count). The molecule has 0 saturated heterocycles. The van der Waals surface area contributed by atoms with Crippen LogP contribution in [-0.2, 0) is 6.54 Å². The number of anilines is 1. The predicted octanol–water partition coefficient (Wildman–Crippen LogP) is 4.15. The Labute approximate surface area is 179 Å². The molecule has 0 saturated carbocycles. The van der Waals surface area contributed by atoms with Gasteiger partial charge < -0.3 is 14.8 Å². The van der Waals surface area contributed by atoms with Gasteiger partial charge in [-0.05, 0) is 48.0 Å². The molecule has 8 heteroatoms. The normalized spacial score (nSPS) is 11.0. The molecule has 0 aliphatic rings. The number of aliphatic imine (C=N–C) groups is 1. The summed E-state index contributed by atoms with van der Waals surface area (Å²) in [5, 5.41) is 6.47. The Balaban J connectivity index is 1.85. The van der Waals surface area contributed by atoms with Gasteiger partial charge in [0.1, 0.15) is 11.5 Å². The molecule has 2 N–H and O–H groups in total. The third kappa shape index (κ3) is 5.96. The summed E-state index contributed by atoms with van der Waals surface area (Å²) in [6.45, 7) is 0.354. The number of aromatic nitrogens is 1. The first-order valence-electron chi connectivity index (χ1n) is 9.08. The molecule has 0 unspecified atom stereocenters. The number of hydrogen-bond donors (Lipinski definition) is 2. The Morgan fingerprint density at radius 1 is 1.03 bits per heavy atom. The number of pyridine rings is 1. The molecule has 0 aliphatic heterocycles. The van der Waals surface area contributed by atoms with Crippen LogP contribution in [0.4, 0.5) is 5.69 Å². The summed E-state index contributed by atoms with van der Waals surface area (Å²) in [7, 11) is 3.05. The Bertz CT molecular complexity index is 1020. The molecular formula is C22H21ClN4O3. The zero-order chi connectivity index (χ0) is 21.3. The maximum absolute atomic E-state index is 12.9. The monoisotopic (exact) mass is 424 g/mol. The predicted molar refractivity (Wildman–Crippen MR) is 117 cm³/mol. The average Bonchev–Trinajstić information content (AvgIpc) is 2.77. The molecule has 3 aromatic rings. The highest BCUT2D eigenvalue weighted by Crippen LogP contribution is 2.22. The van der Waals surface area contributed by atoms with Crippen LogP contribution in [0.5, 0.6) is 11.5 Å². The van der Waals surface area contributed by atoms with Crippen LogP contribution in [0.3, 0.4) is 0 Å². The van der Waals surface area contributed by atoms with Gasteiger partial charge in [-0.25, -0.2) is 4.99 Å². The highest BCUT2D eigenvalue weighted by atomic mass is 35.5. The van der Waals surface area contributed by atoms with Crippen molar-refractivity contribution in [3.63, 3.8) is 0 Å². The highest BCUT2D eigenvalue weighted by Gasteiger charge is 2.13. The molecule has 154 valence electrons. The number of nitrogens with zero attached hydrogens (tertiary/aromatic N) is 2. The fourth-order valence-corrected chi connectivity index (χ4v) is 2.78. The maximum Gasteiger partial charge on any atom is 0.258 e. The lowest BCUT2D eigenvalue weighted by Gasteiger charge is -2.13. The zero-order valence-corrected chi connectivity index (χ0v) is 17.3. The van der Waals surface area contributed by atoms with Crippen LogP contribution in [0.2, 0.25) is 5.02 Å². The van der Waals surface area contributed by atoms with Gasteiger partial charge in [-0.3, -0.25) is 15.1 Å². The van der Waals surface area contributed by atoms with E-state index in [4.69, 9.17) is 21.1 Å². The van der Waals surface area contributed by atoms with E-state index in [9.17, 15) is 4.79 Å². The smallest absolute Gasteiger partial charge is 0.258 e. The summed E-state index contributed by atoms with van der Waals surface area (Å²) in [5.41, 5.74) is 2.02. The van der Waals surface area contributed by atoms with Gasteiger partial charge in [0.2, 0.25) is 5.96 Å². The molecule has 1 amide bonds. The highest BCUT2D eigenvalue weighted by molar-refractivity contribution is 6.31. The van der Waals surface area contributed by atoms with Gasteiger partial charge in [-0.15, -0.1) is 0 Å². The Kier molecular flexibility index (Phi) is 7.24. The number of carbonyl (C=O) groups is 1. The van der Waals surface area contributed by atoms with Gasteiger partial charge >= 0.3 is 0 Å². The van der Waals surface area contributed by atoms with E-state index < -0.39 is 0 Å². The zero-order valence-electron chi connectivity index (χ0n) is 16.6. The van der Waals surface area contributed by atoms with Crippen molar-refractivity contribution < 1.29 is 14.3 Å². The average molecular weight is 425 g/mol. The first-order valence-corrected chi connectivity index (χ1v) is 9.45. The van der Waals surface area contributed by atoms with Crippen LogP contribution in [-0.4, -0.2) is 31.1 Å². The molecule has 0 bridgehead atoms. The number of benzene rings is 2. The second kappa shape index (κ2) is 10.3. The van der Waals surface area contributed by atoms with Crippen molar-refractivity contribution in [2.45, 2.75) is 6.54 Å². The number of rotatable bonds is 6. The Morgan fingerprint density at radius 3 is 2.37 bits per heavy atom. The van der Waals surface area contributed by atoms with Crippen LogP contribution in [0.25, 0.3) is 0 Å². The number of methoxy groups -OCH3 is 2. The van der Waals surface area contributed by atoms with Crippen molar-refractivity contribution in [2.75, 3.05) is 19.5 Å². The summed E-state index contributed by atoms with van der Waals surface area (Å²) < 4.78 is 10.5. The number of halogens is 1. The molecule has 1 aromatic heterocycles. The largest absolute Gasteiger partial charge is 0.497 e. The summed E-state index contributed by atoms with van der Waals surface area (Å²) in [6.07, 6.45) is 3.38. The van der Waals surface area contributed by atoms with Gasteiger partial charge in [0.05, 0.1) is 20.8 Å². The first kappa shape index (κ1) is 21.1. The van der Waals surface area contributed by atoms with Crippen molar-refractivity contribution in [1.29, 1.82) is 0 Å². The van der Waals surface area contributed by atoms with Gasteiger partial charge in [-0.1, -0.05) is 17.7 Å². The lowest BCUT2D eigenvalue weighted by Crippen LogP contribution is -2.36. The molecule has 1 heterocycles. The molecule has 0 fully saturated rings. The van der Waals surface area contributed by atoms with Gasteiger partial charge in [0.25, 0.3) is 5.91 Å². The summed E-state index contributed by atoms with van der Waals surface area (Å²) >= 11 is 6.07. The number of ether oxygens (including phenoxy) is 2. The minimum Gasteiger partial charge on any atom is -0.497 e. The van der Waals surface area contributed by atoms with Gasteiger partial charge in [0, 0.05) is 34.7 Å². The Morgan fingerprint density at radius 2 is 1.73 bits per heavy atom. The van der Waals surface area contributed by atoms with Crippen molar-refractivity contribution >= 4 is 29.2 Å². The number of carbonyl (C=O) groups excluding carboxylic acids is 1. The van der Waals surface area contributed by atoms with E-state index in [0.29, 0.717) is 34.3 Å². The minimum absolute atomic E-state index is 0.279. The standard InChI is InChI=1S/C22H21ClN4O3/c1-29-19-10-16(11-20(13-19)30-2)21(28)27-22(25-14-15-6-8-24-9-7-15)26-18-5-3-4-17(23)12-18/h3-13H,14H2,1-2H3,(H2,25,26,27,28). The van der Waals surface area contributed by atoms with E-state index in [1.807, 2.05) is 18.2 Å². The van der Waals surface area contributed by atoms with Crippen molar-refractivity contribution in [1.82, 2.24) is 10.3 Å². The van der Waals surface area contributed by atoms with E-state index in [2.05, 4.69) is 20.6 Å². The van der Waals surface area contributed by atoms with Crippen LogP contribution in [0.1, 0.15) is 15.9 Å². The molecular weight excluding hydrogens is 404 g/mol. The third-order valence-electron chi connectivity index (χ3n) is 4.10. The lowest BCUT2D eigenvalue weighted by molar-refractivity contribution is 0.0976. The van der Waals surface area contributed by atoms with Crippen LogP contribution in [0.15, 0.2) is 72.0 Å². The second-order valence-corrected chi connectivity index (χ2v) is 6.65. The molecule has 0 spiro atoms. The summed E-state index contributed by atoms with van der Waals surface area (Å²) in [6, 6.07) is 15.8. The fourth-order valence-electron chi connectivity index (χ4n) is 2.59. The third-order valence-corrected chi connectivity index (χ3v) is 4.34. The van der Waals surface area contributed by atoms with Gasteiger partial charge in [0.15, 0.2) is 0 Å². The first-order chi connectivity index (χ1) is 14.6. The topological polar surface area (TPSA) is 84.8 Å². The van der Waals surface area contributed by atoms with Crippen molar-refractivity contribution in [2.24, 2.45) is 4.99 Å². The number of amides is 1. The van der Waals surface area contributed by atoms with E-state index >= 15 is 0 Å². The van der Waals surface area contributed by atoms with Crippen molar-refractivity contribution in [3.05, 3.63) is 83.1 Å². The van der Waals surface area contributed by atoms with Crippen LogP contribution >= 0.6 is 11.6 Å². The number of nitrogens with one attached hydrogen (secondary N) is 2. The fraction of sp³-hybridized carbons (Fsp3) is 0.136. The van der Waals surface area contributed by atoms with Crippen LogP contribution < -0.4 is 20.1 Å². The summed E-state index contributed by atoms with van der Waals surface area (Å²) in [5.74, 6) is 0.936. The summed E-state index contributed by atoms with van der Waals surface area (Å²) in [4.78, 5) is 21.4. The van der Waals surface area contributed by atoms with E-state index in [0.717, 1.165) is 5.56 Å². The van der Waals surface area contributed by atoms with E-state index in [1.165, 1.54) is 14.2 Å². The minimum atomic E-state index is -0.366. The van der Waals surface area contributed by atoms with E-state index in [-0.39, 0.29) is 11.9 Å². The number of guanidine groups is 1. The Hall–Kier alpha value is -3.58. The quantitative estimate of drug-likeness (QED) is 0.458. The SMILES string of the molecule is COc1cc(OC)cc(C(=O)NC(=NCc2ccncc2)Nc2cccc(Cl)c2)c1. The molecule has 0 radical (unpaired) electrons. The molecule has 2 aromatic carbocycles. The molecule has 30 heavy (non-hydrogen) atoms. The van der Waals surface area contributed by atoms with E-state index in [1.54, 1.807) is 48.8 Å². The van der Waals surface area contributed by atoms with Crippen molar-refractivity contribution in [3.8, 4) is 11.5 Å².